The van der Waals surface area contributed by atoms with Crippen LogP contribution in [0.15, 0.2) is 40.5 Å². The van der Waals surface area contributed by atoms with Gasteiger partial charge in [-0.3, -0.25) is 9.59 Å². The van der Waals surface area contributed by atoms with Crippen molar-refractivity contribution in [2.75, 3.05) is 13.2 Å². The van der Waals surface area contributed by atoms with Gasteiger partial charge in [0.1, 0.15) is 18.8 Å². The molecule has 2 aromatic carbocycles. The monoisotopic (exact) mass is 542 g/mol. The highest BCUT2D eigenvalue weighted by atomic mass is 79.9. The lowest BCUT2D eigenvalue weighted by Gasteiger charge is -2.14. The van der Waals surface area contributed by atoms with Crippen LogP contribution in [0.4, 0.5) is 4.79 Å². The Hall–Kier alpha value is -2.75. The van der Waals surface area contributed by atoms with Crippen molar-refractivity contribution in [2.45, 2.75) is 13.5 Å². The molecule has 1 saturated heterocycles. The van der Waals surface area contributed by atoms with Gasteiger partial charge in [0, 0.05) is 4.47 Å². The maximum atomic E-state index is 12.4. The van der Waals surface area contributed by atoms with Crippen LogP contribution in [0, 0.1) is 0 Å². The van der Waals surface area contributed by atoms with Gasteiger partial charge in [0.05, 0.1) is 16.7 Å². The number of imide groups is 1. The van der Waals surface area contributed by atoms with Crippen molar-refractivity contribution in [1.29, 1.82) is 0 Å². The highest BCUT2D eigenvalue weighted by Crippen LogP contribution is 2.36. The minimum absolute atomic E-state index is 0.0520. The van der Waals surface area contributed by atoms with Crippen LogP contribution in [0.3, 0.4) is 0 Å². The second kappa shape index (κ2) is 10.2. The maximum Gasteiger partial charge on any atom is 0.329 e. The first-order valence-corrected chi connectivity index (χ1v) is 10.8. The maximum absolute atomic E-state index is 12.4. The Morgan fingerprint density at radius 1 is 1.16 bits per heavy atom. The lowest BCUT2D eigenvalue weighted by molar-refractivity contribution is -0.140. The van der Waals surface area contributed by atoms with Crippen LogP contribution in [0.1, 0.15) is 18.1 Å². The molecule has 1 aliphatic rings. The fourth-order valence-electron chi connectivity index (χ4n) is 2.84. The molecular weight excluding hydrogens is 527 g/mol. The van der Waals surface area contributed by atoms with Crippen molar-refractivity contribution in [3.8, 4) is 11.5 Å². The van der Waals surface area contributed by atoms with Crippen molar-refractivity contribution in [1.82, 2.24) is 10.2 Å². The second-order valence-electron chi connectivity index (χ2n) is 6.56. The largest absolute Gasteiger partial charge is 0.490 e. The fourth-order valence-corrected chi connectivity index (χ4v) is 3.60. The van der Waals surface area contributed by atoms with Gasteiger partial charge in [0.2, 0.25) is 0 Å². The molecule has 0 aliphatic carbocycles. The molecule has 8 nitrogen and oxygen atoms in total. The molecule has 0 unspecified atom stereocenters. The summed E-state index contributed by atoms with van der Waals surface area (Å²) in [6, 6.07) is 7.69. The zero-order valence-electron chi connectivity index (χ0n) is 16.7. The highest BCUT2D eigenvalue weighted by molar-refractivity contribution is 9.10. The molecule has 32 heavy (non-hydrogen) atoms. The first-order chi connectivity index (χ1) is 15.2. The van der Waals surface area contributed by atoms with E-state index < -0.39 is 24.5 Å². The summed E-state index contributed by atoms with van der Waals surface area (Å²) in [6.45, 7) is 1.66. The molecule has 2 N–H and O–H groups in total. The van der Waals surface area contributed by atoms with Gasteiger partial charge in [-0.2, -0.15) is 0 Å². The summed E-state index contributed by atoms with van der Waals surface area (Å²) in [4.78, 5) is 35.8. The van der Waals surface area contributed by atoms with Crippen LogP contribution in [-0.4, -0.2) is 41.1 Å². The number of hydrogen-bond donors (Lipinski definition) is 2. The van der Waals surface area contributed by atoms with E-state index in [1.54, 1.807) is 30.3 Å². The minimum Gasteiger partial charge on any atom is -0.490 e. The molecular formula is C21H17BrCl2N2O6. The summed E-state index contributed by atoms with van der Waals surface area (Å²) in [6.07, 6.45) is 1.43. The number of benzene rings is 2. The van der Waals surface area contributed by atoms with Crippen molar-refractivity contribution in [3.63, 3.8) is 0 Å². The van der Waals surface area contributed by atoms with Crippen LogP contribution in [-0.2, 0) is 16.2 Å². The van der Waals surface area contributed by atoms with E-state index in [1.807, 2.05) is 6.92 Å². The van der Waals surface area contributed by atoms with E-state index in [1.165, 1.54) is 6.08 Å². The molecule has 0 atom stereocenters. The van der Waals surface area contributed by atoms with Crippen molar-refractivity contribution in [2.24, 2.45) is 0 Å². The number of amides is 3. The number of hydrogen-bond acceptors (Lipinski definition) is 5. The molecule has 168 valence electrons. The summed E-state index contributed by atoms with van der Waals surface area (Å²) >= 11 is 15.4. The van der Waals surface area contributed by atoms with Gasteiger partial charge in [0.15, 0.2) is 11.5 Å². The molecule has 0 aromatic heterocycles. The third-order valence-corrected chi connectivity index (χ3v) is 5.72. The smallest absolute Gasteiger partial charge is 0.329 e. The molecule has 3 rings (SSSR count). The van der Waals surface area contributed by atoms with E-state index in [0.717, 1.165) is 5.56 Å². The van der Waals surface area contributed by atoms with Gasteiger partial charge in [-0.1, -0.05) is 45.2 Å². The average Bonchev–Trinajstić information content (AvgIpc) is 2.98. The molecule has 3 amide bonds. The standard InChI is InChI=1S/C21H17BrCl2N2O6/c1-2-31-17-7-12(6-16-20(29)26(9-19(27)28)21(30)25-16)13(22)8-18(17)32-10-11-3-4-14(23)15(24)5-11/h3-8H,2,9-10H2,1H3,(H,25,30)(H,27,28)/b16-6+. The Kier molecular flexibility index (Phi) is 7.65. The lowest BCUT2D eigenvalue weighted by atomic mass is 10.1. The van der Waals surface area contributed by atoms with E-state index in [2.05, 4.69) is 21.2 Å². The molecule has 2 aromatic rings. The van der Waals surface area contributed by atoms with Gasteiger partial charge < -0.3 is 19.9 Å². The number of halogens is 3. The fraction of sp³-hybridized carbons (Fsp3) is 0.190. The van der Waals surface area contributed by atoms with Crippen LogP contribution in [0.2, 0.25) is 10.0 Å². The van der Waals surface area contributed by atoms with Crippen molar-refractivity contribution in [3.05, 3.63) is 61.7 Å². The molecule has 0 spiro atoms. The van der Waals surface area contributed by atoms with E-state index in [9.17, 15) is 14.4 Å². The SMILES string of the molecule is CCOc1cc(/C=C2/NC(=O)N(CC(=O)O)C2=O)c(Br)cc1OCc1ccc(Cl)c(Cl)c1. The van der Waals surface area contributed by atoms with E-state index in [4.69, 9.17) is 37.8 Å². The number of carbonyl (C=O) groups is 3. The third-order valence-electron chi connectivity index (χ3n) is 4.30. The Morgan fingerprint density at radius 3 is 2.53 bits per heavy atom. The van der Waals surface area contributed by atoms with Gasteiger partial charge in [-0.25, -0.2) is 9.69 Å². The number of nitrogens with one attached hydrogen (secondary N) is 1. The number of rotatable bonds is 8. The Balaban J connectivity index is 1.86. The van der Waals surface area contributed by atoms with Crippen LogP contribution >= 0.6 is 39.1 Å². The normalized spacial score (nSPS) is 14.6. The minimum atomic E-state index is -1.29. The lowest BCUT2D eigenvalue weighted by Crippen LogP contribution is -2.35. The number of carboxylic acids is 1. The number of carbonyl (C=O) groups excluding carboxylic acids is 2. The Bertz CT molecular complexity index is 1120. The first kappa shape index (κ1) is 23.9. The molecule has 1 heterocycles. The molecule has 11 heteroatoms. The first-order valence-electron chi connectivity index (χ1n) is 9.29. The predicted molar refractivity (Wildman–Crippen MR) is 122 cm³/mol. The van der Waals surface area contributed by atoms with E-state index >= 15 is 0 Å². The Morgan fingerprint density at radius 2 is 1.88 bits per heavy atom. The average molecular weight is 544 g/mol. The molecule has 0 bridgehead atoms. The number of ether oxygens (including phenoxy) is 2. The summed E-state index contributed by atoms with van der Waals surface area (Å²) in [5.74, 6) is -1.16. The highest BCUT2D eigenvalue weighted by Gasteiger charge is 2.35. The molecule has 0 radical (unpaired) electrons. The number of aliphatic carboxylic acids is 1. The van der Waals surface area contributed by atoms with Gasteiger partial charge in [-0.05, 0) is 48.4 Å². The molecule has 0 saturated carbocycles. The quantitative estimate of drug-likeness (QED) is 0.369. The zero-order chi connectivity index (χ0) is 23.4. The van der Waals surface area contributed by atoms with E-state index in [0.29, 0.717) is 43.1 Å². The second-order valence-corrected chi connectivity index (χ2v) is 8.23. The van der Waals surface area contributed by atoms with Gasteiger partial charge >= 0.3 is 12.0 Å². The topological polar surface area (TPSA) is 105 Å². The predicted octanol–water partition coefficient (Wildman–Crippen LogP) is 4.71. The molecule has 1 fully saturated rings. The van der Waals surface area contributed by atoms with Crippen molar-refractivity contribution < 1.29 is 29.0 Å². The van der Waals surface area contributed by atoms with Crippen molar-refractivity contribution >= 4 is 63.1 Å². The Labute approximate surface area is 201 Å². The number of carboxylic acid groups (broad SMARTS) is 1. The van der Waals surface area contributed by atoms with Crippen LogP contribution < -0.4 is 14.8 Å². The number of urea groups is 1. The summed E-state index contributed by atoms with van der Waals surface area (Å²) < 4.78 is 12.1. The molecule has 1 aliphatic heterocycles. The zero-order valence-corrected chi connectivity index (χ0v) is 19.8. The number of nitrogens with zero attached hydrogens (tertiary/aromatic N) is 1. The van der Waals surface area contributed by atoms with E-state index in [-0.39, 0.29) is 12.3 Å². The summed E-state index contributed by atoms with van der Waals surface area (Å²) in [5.41, 5.74) is 1.28. The van der Waals surface area contributed by atoms with Gasteiger partial charge in [0.25, 0.3) is 5.91 Å². The summed E-state index contributed by atoms with van der Waals surface area (Å²) in [7, 11) is 0. The van der Waals surface area contributed by atoms with Crippen LogP contribution in [0.5, 0.6) is 11.5 Å². The summed E-state index contributed by atoms with van der Waals surface area (Å²) in [5, 5.41) is 12.1. The third kappa shape index (κ3) is 5.53. The van der Waals surface area contributed by atoms with Gasteiger partial charge in [-0.15, -0.1) is 0 Å². The van der Waals surface area contributed by atoms with Crippen LogP contribution in [0.25, 0.3) is 6.08 Å².